The van der Waals surface area contributed by atoms with Gasteiger partial charge in [0.15, 0.2) is 6.10 Å². The average Bonchev–Trinajstić information content (AvgIpc) is 2.71. The molecule has 0 saturated carbocycles. The highest BCUT2D eigenvalue weighted by atomic mass is 32.2. The minimum Gasteiger partial charge on any atom is -0.492 e. The second kappa shape index (κ2) is 10.4. The summed E-state index contributed by atoms with van der Waals surface area (Å²) in [7, 11) is -3.79. The monoisotopic (exact) mass is 438 g/mol. The number of nitrogens with zero attached hydrogens (tertiary/aromatic N) is 1. The Labute approximate surface area is 176 Å². The third-order valence-electron chi connectivity index (χ3n) is 4.33. The van der Waals surface area contributed by atoms with Crippen LogP contribution < -0.4 is 14.8 Å². The van der Waals surface area contributed by atoms with E-state index in [9.17, 15) is 17.6 Å². The van der Waals surface area contributed by atoms with Crippen LogP contribution in [0.1, 0.15) is 27.7 Å². The molecule has 9 heteroatoms. The van der Waals surface area contributed by atoms with Crippen LogP contribution in [0.25, 0.3) is 0 Å². The minimum absolute atomic E-state index is 0.0158. The predicted octanol–water partition coefficient (Wildman–Crippen LogP) is 3.66. The van der Waals surface area contributed by atoms with E-state index >= 15 is 0 Å². The molecule has 0 saturated heterocycles. The molecule has 0 aliphatic rings. The first kappa shape index (κ1) is 23.6. The number of hydrogen-bond donors (Lipinski definition) is 1. The van der Waals surface area contributed by atoms with E-state index in [2.05, 4.69) is 5.32 Å². The molecule has 0 heterocycles. The van der Waals surface area contributed by atoms with Crippen LogP contribution in [0.3, 0.4) is 0 Å². The molecule has 2 aromatic carbocycles. The molecule has 1 amide bonds. The maximum absolute atomic E-state index is 13.0. The number of rotatable bonds is 10. The van der Waals surface area contributed by atoms with Gasteiger partial charge in [-0.3, -0.25) is 4.79 Å². The maximum atomic E-state index is 13.0. The second-order valence-corrected chi connectivity index (χ2v) is 8.29. The molecule has 7 nitrogen and oxygen atoms in total. The summed E-state index contributed by atoms with van der Waals surface area (Å²) in [6.07, 6.45) is -0.884. The number of benzene rings is 2. The van der Waals surface area contributed by atoms with Gasteiger partial charge in [0.1, 0.15) is 22.2 Å². The van der Waals surface area contributed by atoms with E-state index in [1.54, 1.807) is 33.8 Å². The van der Waals surface area contributed by atoms with Gasteiger partial charge in [-0.25, -0.2) is 12.8 Å². The number of amides is 1. The van der Waals surface area contributed by atoms with E-state index in [0.717, 1.165) is 0 Å². The number of halogens is 1. The lowest BCUT2D eigenvalue weighted by Crippen LogP contribution is -2.32. The lowest BCUT2D eigenvalue weighted by atomic mass is 10.2. The van der Waals surface area contributed by atoms with Gasteiger partial charge in [0.25, 0.3) is 5.91 Å². The van der Waals surface area contributed by atoms with E-state index in [-0.39, 0.29) is 10.6 Å². The molecule has 1 atom stereocenters. The first-order valence-electron chi connectivity index (χ1n) is 9.72. The predicted molar refractivity (Wildman–Crippen MR) is 113 cm³/mol. The molecule has 2 rings (SSSR count). The van der Waals surface area contributed by atoms with Crippen LogP contribution in [0.2, 0.25) is 0 Å². The first-order chi connectivity index (χ1) is 14.2. The minimum atomic E-state index is -3.79. The highest BCUT2D eigenvalue weighted by Crippen LogP contribution is 2.30. The Hall–Kier alpha value is -2.65. The number of anilines is 1. The van der Waals surface area contributed by atoms with Crippen LogP contribution in [0, 0.1) is 5.82 Å². The van der Waals surface area contributed by atoms with Crippen molar-refractivity contribution in [1.29, 1.82) is 0 Å². The zero-order valence-electron chi connectivity index (χ0n) is 17.5. The van der Waals surface area contributed by atoms with Crippen molar-refractivity contribution in [3.8, 4) is 11.5 Å². The molecule has 1 unspecified atom stereocenters. The molecule has 0 aromatic heterocycles. The van der Waals surface area contributed by atoms with Gasteiger partial charge in [-0.15, -0.1) is 0 Å². The fourth-order valence-corrected chi connectivity index (χ4v) is 4.39. The molecule has 164 valence electrons. The van der Waals surface area contributed by atoms with Crippen molar-refractivity contribution in [2.45, 2.75) is 38.7 Å². The number of nitrogens with one attached hydrogen (secondary N) is 1. The summed E-state index contributed by atoms with van der Waals surface area (Å²) in [5, 5.41) is 2.65. The van der Waals surface area contributed by atoms with Crippen LogP contribution in [-0.2, 0) is 14.8 Å². The van der Waals surface area contributed by atoms with Gasteiger partial charge >= 0.3 is 0 Å². The maximum Gasteiger partial charge on any atom is 0.265 e. The molecule has 2 aromatic rings. The van der Waals surface area contributed by atoms with E-state index in [0.29, 0.717) is 31.1 Å². The lowest BCUT2D eigenvalue weighted by molar-refractivity contribution is -0.122. The standard InChI is InChI=1S/C21H27FN2O5S/c1-5-24(6-2)30(26,27)20-14-17(10-13-19(20)28-7-3)23-21(25)15(4)29-18-11-8-16(22)9-12-18/h8-15H,5-7H2,1-4H3,(H,23,25). The molecule has 0 bridgehead atoms. The summed E-state index contributed by atoms with van der Waals surface area (Å²) in [4.78, 5) is 12.5. The van der Waals surface area contributed by atoms with Crippen molar-refractivity contribution in [3.63, 3.8) is 0 Å². The van der Waals surface area contributed by atoms with E-state index < -0.39 is 27.9 Å². The lowest BCUT2D eigenvalue weighted by Gasteiger charge is -2.21. The Morgan fingerprint density at radius 2 is 1.73 bits per heavy atom. The molecular formula is C21H27FN2O5S. The van der Waals surface area contributed by atoms with Gasteiger partial charge in [-0.1, -0.05) is 13.8 Å². The Balaban J connectivity index is 2.25. The molecule has 0 aliphatic heterocycles. The highest BCUT2D eigenvalue weighted by Gasteiger charge is 2.26. The highest BCUT2D eigenvalue weighted by molar-refractivity contribution is 7.89. The van der Waals surface area contributed by atoms with Crippen molar-refractivity contribution in [3.05, 3.63) is 48.3 Å². The summed E-state index contributed by atoms with van der Waals surface area (Å²) < 4.78 is 51.3. The van der Waals surface area contributed by atoms with Gasteiger partial charge in [-0.2, -0.15) is 4.31 Å². The van der Waals surface area contributed by atoms with Crippen molar-refractivity contribution in [2.75, 3.05) is 25.0 Å². The number of hydrogen-bond acceptors (Lipinski definition) is 5. The molecule has 1 N–H and O–H groups in total. The van der Waals surface area contributed by atoms with Crippen LogP contribution in [-0.4, -0.2) is 44.4 Å². The third-order valence-corrected chi connectivity index (χ3v) is 6.40. The van der Waals surface area contributed by atoms with E-state index in [1.807, 2.05) is 0 Å². The Morgan fingerprint density at radius 3 is 2.30 bits per heavy atom. The molecule has 30 heavy (non-hydrogen) atoms. The quantitative estimate of drug-likeness (QED) is 0.612. The summed E-state index contributed by atoms with van der Waals surface area (Å²) in [5.41, 5.74) is 0.295. The molecule has 0 fully saturated rings. The molecular weight excluding hydrogens is 411 g/mol. The number of carbonyl (C=O) groups excluding carboxylic acids is 1. The number of carbonyl (C=O) groups is 1. The van der Waals surface area contributed by atoms with Crippen LogP contribution >= 0.6 is 0 Å². The summed E-state index contributed by atoms with van der Waals surface area (Å²) in [6, 6.07) is 9.76. The van der Waals surface area contributed by atoms with Gasteiger partial charge in [0.2, 0.25) is 10.0 Å². The van der Waals surface area contributed by atoms with Gasteiger partial charge in [-0.05, 0) is 56.3 Å². The van der Waals surface area contributed by atoms with Gasteiger partial charge < -0.3 is 14.8 Å². The molecule has 0 spiro atoms. The second-order valence-electron chi connectivity index (χ2n) is 6.39. The summed E-state index contributed by atoms with van der Waals surface area (Å²) in [6.45, 7) is 7.73. The van der Waals surface area contributed by atoms with Gasteiger partial charge in [0.05, 0.1) is 6.61 Å². The smallest absolute Gasteiger partial charge is 0.265 e. The normalized spacial score (nSPS) is 12.5. The Bertz CT molecular complexity index is 960. The fourth-order valence-electron chi connectivity index (χ4n) is 2.78. The third kappa shape index (κ3) is 5.70. The van der Waals surface area contributed by atoms with Crippen LogP contribution in [0.5, 0.6) is 11.5 Å². The summed E-state index contributed by atoms with van der Waals surface area (Å²) >= 11 is 0. The van der Waals surface area contributed by atoms with Crippen molar-refractivity contribution in [2.24, 2.45) is 0 Å². The topological polar surface area (TPSA) is 84.9 Å². The summed E-state index contributed by atoms with van der Waals surface area (Å²) in [5.74, 6) is -0.320. The Morgan fingerprint density at radius 1 is 1.10 bits per heavy atom. The molecule has 0 aliphatic carbocycles. The van der Waals surface area contributed by atoms with Crippen LogP contribution in [0.15, 0.2) is 47.4 Å². The van der Waals surface area contributed by atoms with Crippen molar-refractivity contribution < 1.29 is 27.1 Å². The van der Waals surface area contributed by atoms with Gasteiger partial charge in [0, 0.05) is 18.8 Å². The van der Waals surface area contributed by atoms with Crippen molar-refractivity contribution in [1.82, 2.24) is 4.31 Å². The zero-order chi connectivity index (χ0) is 22.3. The SMILES string of the molecule is CCOc1ccc(NC(=O)C(C)Oc2ccc(F)cc2)cc1S(=O)(=O)N(CC)CC. The number of sulfonamides is 1. The molecule has 0 radical (unpaired) electrons. The number of ether oxygens (including phenoxy) is 2. The van der Waals surface area contributed by atoms with E-state index in [4.69, 9.17) is 9.47 Å². The first-order valence-corrected chi connectivity index (χ1v) is 11.2. The van der Waals surface area contributed by atoms with E-state index in [1.165, 1.54) is 40.7 Å². The van der Waals surface area contributed by atoms with Crippen LogP contribution in [0.4, 0.5) is 10.1 Å². The Kier molecular flexibility index (Phi) is 8.19. The average molecular weight is 439 g/mol. The largest absolute Gasteiger partial charge is 0.492 e. The fraction of sp³-hybridized carbons (Fsp3) is 0.381. The zero-order valence-corrected chi connectivity index (χ0v) is 18.3. The van der Waals surface area contributed by atoms with Crippen molar-refractivity contribution >= 4 is 21.6 Å².